The zero-order valence-electron chi connectivity index (χ0n) is 26.3. The lowest BCUT2D eigenvalue weighted by Gasteiger charge is -2.22. The number of pyridine rings is 1. The number of hydrogen-bond donors (Lipinski definition) is 1. The van der Waals surface area contributed by atoms with Crippen LogP contribution in [0.3, 0.4) is 0 Å². The van der Waals surface area contributed by atoms with Gasteiger partial charge in [-0.25, -0.2) is 9.36 Å². The minimum absolute atomic E-state index is 0. The van der Waals surface area contributed by atoms with Crippen LogP contribution in [0.15, 0.2) is 54.9 Å². The van der Waals surface area contributed by atoms with Crippen molar-refractivity contribution in [2.75, 3.05) is 24.6 Å². The maximum absolute atomic E-state index is 13.3. The highest BCUT2D eigenvalue weighted by molar-refractivity contribution is 6.05. The van der Waals surface area contributed by atoms with Crippen LogP contribution >= 0.6 is 0 Å². The molecule has 0 aliphatic carbocycles. The molecule has 0 radical (unpaired) electrons. The van der Waals surface area contributed by atoms with E-state index in [0.717, 1.165) is 25.1 Å². The molecule has 1 heterocycles. The molecule has 42 heavy (non-hydrogen) atoms. The second-order valence-corrected chi connectivity index (χ2v) is 11.1. The minimum Gasteiger partial charge on any atom is -1.00 e. The first kappa shape index (κ1) is 37.9. The van der Waals surface area contributed by atoms with E-state index in [9.17, 15) is 9.59 Å². The third-order valence-corrected chi connectivity index (χ3v) is 7.63. The van der Waals surface area contributed by atoms with Gasteiger partial charge in [0.05, 0.1) is 6.54 Å². The van der Waals surface area contributed by atoms with Crippen LogP contribution in [0.25, 0.3) is 0 Å². The summed E-state index contributed by atoms with van der Waals surface area (Å²) in [6, 6.07) is 13.2. The molecular formula is C35H56IN3O3. The number of nitrogens with one attached hydrogen (secondary N) is 1. The van der Waals surface area contributed by atoms with E-state index in [1.54, 1.807) is 4.90 Å². The molecule has 2 amide bonds. The highest BCUT2D eigenvalue weighted by atomic mass is 127. The normalized spacial score (nSPS) is 10.6. The number of amides is 2. The minimum atomic E-state index is -0.421. The highest BCUT2D eigenvalue weighted by Gasteiger charge is 2.20. The third kappa shape index (κ3) is 17.1. The van der Waals surface area contributed by atoms with Crippen LogP contribution in [0, 0.1) is 0 Å². The predicted octanol–water partition coefficient (Wildman–Crippen LogP) is 5.63. The van der Waals surface area contributed by atoms with Gasteiger partial charge in [0.2, 0.25) is 0 Å². The Labute approximate surface area is 273 Å². The van der Waals surface area contributed by atoms with E-state index in [-0.39, 0.29) is 43.0 Å². The van der Waals surface area contributed by atoms with E-state index < -0.39 is 6.09 Å². The first-order valence-electron chi connectivity index (χ1n) is 16.4. The number of aromatic nitrogens is 1. The molecule has 1 aromatic heterocycles. The maximum Gasteiger partial charge on any atom is 0.407 e. The lowest BCUT2D eigenvalue weighted by atomic mass is 10.0. The fraction of sp³-hybridized carbons (Fsp3) is 0.629. The molecule has 236 valence electrons. The Morgan fingerprint density at radius 1 is 0.738 bits per heavy atom. The quantitative estimate of drug-likeness (QED) is 0.0933. The number of para-hydroxylation sites is 1. The van der Waals surface area contributed by atoms with Crippen molar-refractivity contribution >= 4 is 17.7 Å². The van der Waals surface area contributed by atoms with Gasteiger partial charge < -0.3 is 38.9 Å². The largest absolute Gasteiger partial charge is 1.00 e. The molecule has 0 fully saturated rings. The monoisotopic (exact) mass is 693 g/mol. The molecule has 2 rings (SSSR count). The number of halogens is 1. The van der Waals surface area contributed by atoms with Gasteiger partial charge in [-0.3, -0.25) is 4.79 Å². The zero-order chi connectivity index (χ0) is 29.4. The van der Waals surface area contributed by atoms with Crippen LogP contribution in [-0.4, -0.2) is 31.7 Å². The van der Waals surface area contributed by atoms with Crippen LogP contribution < -0.4 is 38.8 Å². The summed E-state index contributed by atoms with van der Waals surface area (Å²) in [5, 5.41) is 2.85. The van der Waals surface area contributed by atoms with Crippen molar-refractivity contribution in [3.05, 3.63) is 60.4 Å². The smallest absolute Gasteiger partial charge is 0.407 e. The Morgan fingerprint density at radius 3 is 1.83 bits per heavy atom. The standard InChI is InChI=1S/C35H55N3O3.HI/c1-3-5-6-7-8-9-10-11-12-13-14-15-16-17-18-22-27-36-35(40)41-30-29-38(33-25-20-19-21-26-33)34(39)32-24-23-28-37(4-2)31-32;/h19-21,23-26,28,31H,3-18,22,27,29-30H2,1-2H3;1H. The number of alkyl carbamates (subject to hydrolysis) is 1. The second kappa shape index (κ2) is 25.3. The molecule has 1 N–H and O–H groups in total. The first-order chi connectivity index (χ1) is 20.2. The Morgan fingerprint density at radius 2 is 1.29 bits per heavy atom. The SMILES string of the molecule is CCCCCCCCCCCCCCCCCCNC(=O)OCCN(C(=O)c1ccc[n+](CC)c1)c1ccccc1.[I-]. The van der Waals surface area contributed by atoms with Crippen molar-refractivity contribution < 1.29 is 42.9 Å². The van der Waals surface area contributed by atoms with Gasteiger partial charge in [-0.15, -0.1) is 0 Å². The molecule has 0 aliphatic heterocycles. The molecule has 0 aliphatic rings. The van der Waals surface area contributed by atoms with Crippen molar-refractivity contribution in [2.24, 2.45) is 0 Å². The van der Waals surface area contributed by atoms with Crippen molar-refractivity contribution in [1.82, 2.24) is 5.32 Å². The summed E-state index contributed by atoms with van der Waals surface area (Å²) in [6.45, 7) is 6.14. The van der Waals surface area contributed by atoms with Crippen molar-refractivity contribution in [1.29, 1.82) is 0 Å². The summed E-state index contributed by atoms with van der Waals surface area (Å²) in [4.78, 5) is 27.2. The summed E-state index contributed by atoms with van der Waals surface area (Å²) < 4.78 is 7.38. The molecular weight excluding hydrogens is 637 g/mol. The highest BCUT2D eigenvalue weighted by Crippen LogP contribution is 2.17. The molecule has 1 aromatic carbocycles. The van der Waals surface area contributed by atoms with E-state index in [0.29, 0.717) is 12.1 Å². The fourth-order valence-electron chi connectivity index (χ4n) is 5.10. The number of rotatable bonds is 23. The van der Waals surface area contributed by atoms with Crippen LogP contribution in [0.1, 0.15) is 127 Å². The molecule has 0 saturated carbocycles. The second-order valence-electron chi connectivity index (χ2n) is 11.1. The summed E-state index contributed by atoms with van der Waals surface area (Å²) in [7, 11) is 0. The molecule has 0 bridgehead atoms. The molecule has 0 spiro atoms. The first-order valence-corrected chi connectivity index (χ1v) is 16.4. The summed E-state index contributed by atoms with van der Waals surface area (Å²) >= 11 is 0. The van der Waals surface area contributed by atoms with Crippen LogP contribution in [0.2, 0.25) is 0 Å². The van der Waals surface area contributed by atoms with Gasteiger partial charge in [0, 0.05) is 18.3 Å². The Balaban J connectivity index is 0.00000882. The van der Waals surface area contributed by atoms with Gasteiger partial charge in [-0.2, -0.15) is 0 Å². The topological polar surface area (TPSA) is 62.5 Å². The zero-order valence-corrected chi connectivity index (χ0v) is 28.5. The summed E-state index contributed by atoms with van der Waals surface area (Å²) in [5.41, 5.74) is 1.38. The molecule has 0 saturated heterocycles. The molecule has 0 atom stereocenters. The fourth-order valence-corrected chi connectivity index (χ4v) is 5.10. The van der Waals surface area contributed by atoms with Crippen LogP contribution in [0.4, 0.5) is 10.5 Å². The number of hydrogen-bond acceptors (Lipinski definition) is 3. The number of ether oxygens (including phenoxy) is 1. The molecule has 0 unspecified atom stereocenters. The number of unbranched alkanes of at least 4 members (excludes halogenated alkanes) is 15. The maximum atomic E-state index is 13.3. The number of carbonyl (C=O) groups excluding carboxylic acids is 2. The Bertz CT molecular complexity index is 958. The third-order valence-electron chi connectivity index (χ3n) is 7.63. The molecule has 6 nitrogen and oxygen atoms in total. The lowest BCUT2D eigenvalue weighted by molar-refractivity contribution is -0.693. The van der Waals surface area contributed by atoms with Gasteiger partial charge in [0.1, 0.15) is 18.7 Å². The van der Waals surface area contributed by atoms with E-state index in [2.05, 4.69) is 12.2 Å². The summed E-state index contributed by atoms with van der Waals surface area (Å²) in [6.07, 6.45) is 24.7. The van der Waals surface area contributed by atoms with Crippen LogP contribution in [-0.2, 0) is 11.3 Å². The number of carbonyl (C=O) groups is 2. The van der Waals surface area contributed by atoms with Gasteiger partial charge in [0.25, 0.3) is 5.91 Å². The number of anilines is 1. The number of nitrogens with zero attached hydrogens (tertiary/aromatic N) is 2. The van der Waals surface area contributed by atoms with Crippen LogP contribution in [0.5, 0.6) is 0 Å². The van der Waals surface area contributed by atoms with Gasteiger partial charge >= 0.3 is 6.09 Å². The summed E-state index contributed by atoms with van der Waals surface area (Å²) in [5.74, 6) is -0.115. The van der Waals surface area contributed by atoms with E-state index in [4.69, 9.17) is 4.74 Å². The van der Waals surface area contributed by atoms with Gasteiger partial charge in [0.15, 0.2) is 12.4 Å². The molecule has 7 heteroatoms. The number of aryl methyl sites for hydroxylation is 1. The van der Waals surface area contributed by atoms with Gasteiger partial charge in [-0.05, 0) is 31.5 Å². The van der Waals surface area contributed by atoms with Crippen molar-refractivity contribution in [3.63, 3.8) is 0 Å². The Kier molecular flexibility index (Phi) is 22.9. The average Bonchev–Trinajstić information content (AvgIpc) is 3.01. The van der Waals surface area contributed by atoms with Crippen molar-refractivity contribution in [3.8, 4) is 0 Å². The van der Waals surface area contributed by atoms with Crippen molar-refractivity contribution in [2.45, 2.75) is 123 Å². The average molecular weight is 694 g/mol. The van der Waals surface area contributed by atoms with E-state index in [1.165, 1.54) is 89.9 Å². The predicted molar refractivity (Wildman–Crippen MR) is 169 cm³/mol. The number of benzene rings is 1. The van der Waals surface area contributed by atoms with E-state index >= 15 is 0 Å². The molecule has 2 aromatic rings. The Hall–Kier alpha value is -2.16. The van der Waals surface area contributed by atoms with E-state index in [1.807, 2.05) is 66.3 Å². The van der Waals surface area contributed by atoms with Gasteiger partial charge in [-0.1, -0.05) is 121 Å². The lowest BCUT2D eigenvalue weighted by Crippen LogP contribution is -3.00.